The largest absolute Gasteiger partial charge is 0.466 e. The Morgan fingerprint density at radius 1 is 1.25 bits per heavy atom. The number of hydrogen-bond acceptors (Lipinski definition) is 4. The maximum absolute atomic E-state index is 12.6. The van der Waals surface area contributed by atoms with Crippen LogP contribution in [-0.4, -0.2) is 41.0 Å². The number of ether oxygens (including phenoxy) is 2. The Bertz CT molecular complexity index is 594. The number of fused-ring (bicyclic) bond motifs is 1. The fourth-order valence-electron chi connectivity index (χ4n) is 3.84. The molecule has 0 aromatic heterocycles. The lowest BCUT2D eigenvalue weighted by molar-refractivity contribution is -0.149. The first-order valence-corrected chi connectivity index (χ1v) is 9.37. The summed E-state index contributed by atoms with van der Waals surface area (Å²) in [5.41, 5.74) is 0. The second-order valence-electron chi connectivity index (χ2n) is 6.28. The minimum absolute atomic E-state index is 0.0220. The van der Waals surface area contributed by atoms with Gasteiger partial charge < -0.3 is 14.4 Å². The summed E-state index contributed by atoms with van der Waals surface area (Å²) in [6, 6.07) is 9.05. The Balaban J connectivity index is 1.77. The molecule has 1 aliphatic carbocycles. The van der Waals surface area contributed by atoms with Crippen LogP contribution in [0, 0.1) is 11.8 Å². The molecule has 1 aromatic rings. The zero-order chi connectivity index (χ0) is 17.1. The molecule has 4 atom stereocenters. The predicted molar refractivity (Wildman–Crippen MR) is 93.1 cm³/mol. The van der Waals surface area contributed by atoms with Crippen molar-refractivity contribution in [1.29, 1.82) is 0 Å². The molecule has 0 radical (unpaired) electrons. The second kappa shape index (κ2) is 7.55. The van der Waals surface area contributed by atoms with Gasteiger partial charge in [0, 0.05) is 23.3 Å². The van der Waals surface area contributed by atoms with E-state index in [1.165, 1.54) is 0 Å². The van der Waals surface area contributed by atoms with Gasteiger partial charge in [0.05, 0.1) is 12.5 Å². The number of hydrogen-bond donors (Lipinski definition) is 0. The number of esters is 1. The number of nitrogens with zero attached hydrogens (tertiary/aromatic N) is 1. The predicted octanol–water partition coefficient (Wildman–Crippen LogP) is 3.61. The van der Waals surface area contributed by atoms with E-state index in [9.17, 15) is 9.59 Å². The Morgan fingerprint density at radius 2 is 2.00 bits per heavy atom. The summed E-state index contributed by atoms with van der Waals surface area (Å²) in [5, 5.41) is 0. The molecule has 1 amide bonds. The molecule has 0 N–H and O–H groups in total. The van der Waals surface area contributed by atoms with E-state index in [0.717, 1.165) is 19.3 Å². The van der Waals surface area contributed by atoms with Gasteiger partial charge in [-0.1, -0.05) is 40.5 Å². The molecule has 5 nitrogen and oxygen atoms in total. The molecule has 1 saturated carbocycles. The Labute approximate surface area is 150 Å². The van der Waals surface area contributed by atoms with Crippen LogP contribution in [0.15, 0.2) is 30.3 Å². The van der Waals surface area contributed by atoms with E-state index < -0.39 is 0 Å². The fraction of sp³-hybridized carbons (Fsp3) is 0.556. The van der Waals surface area contributed by atoms with E-state index in [1.807, 2.05) is 18.2 Å². The van der Waals surface area contributed by atoms with Crippen molar-refractivity contribution < 1.29 is 19.1 Å². The summed E-state index contributed by atoms with van der Waals surface area (Å²) >= 11 is 3.71. The smallest absolute Gasteiger partial charge is 0.415 e. The lowest BCUT2D eigenvalue weighted by atomic mass is 9.79. The quantitative estimate of drug-likeness (QED) is 0.579. The van der Waals surface area contributed by atoms with Crippen LogP contribution in [0.1, 0.15) is 26.2 Å². The molecular weight excluding hydrogens is 374 g/mol. The molecule has 2 fully saturated rings. The van der Waals surface area contributed by atoms with Crippen molar-refractivity contribution in [3.05, 3.63) is 30.3 Å². The van der Waals surface area contributed by atoms with Crippen LogP contribution in [0.25, 0.3) is 0 Å². The van der Waals surface area contributed by atoms with E-state index >= 15 is 0 Å². The molecule has 1 aromatic carbocycles. The van der Waals surface area contributed by atoms with Crippen molar-refractivity contribution >= 4 is 28.0 Å². The van der Waals surface area contributed by atoms with Crippen molar-refractivity contribution in [2.75, 3.05) is 13.2 Å². The number of rotatable bonds is 3. The summed E-state index contributed by atoms with van der Waals surface area (Å²) in [7, 11) is 0. The third kappa shape index (κ3) is 3.43. The Kier molecular flexibility index (Phi) is 5.43. The van der Waals surface area contributed by atoms with Crippen molar-refractivity contribution in [2.45, 2.75) is 37.1 Å². The topological polar surface area (TPSA) is 55.8 Å². The third-order valence-corrected chi connectivity index (χ3v) is 5.94. The highest BCUT2D eigenvalue weighted by Gasteiger charge is 2.52. The molecular formula is C18H22BrNO4. The minimum atomic E-state index is -0.385. The van der Waals surface area contributed by atoms with Crippen LogP contribution < -0.4 is 4.74 Å². The van der Waals surface area contributed by atoms with Crippen LogP contribution in [0.5, 0.6) is 5.75 Å². The summed E-state index contributed by atoms with van der Waals surface area (Å²) in [6.45, 7) is 2.52. The van der Waals surface area contributed by atoms with Crippen molar-refractivity contribution in [1.82, 2.24) is 4.90 Å². The average molecular weight is 396 g/mol. The van der Waals surface area contributed by atoms with Gasteiger partial charge in [-0.2, -0.15) is 0 Å². The number of carbonyl (C=O) groups is 2. The fourth-order valence-corrected chi connectivity index (χ4v) is 4.88. The second-order valence-corrected chi connectivity index (χ2v) is 7.46. The van der Waals surface area contributed by atoms with E-state index in [0.29, 0.717) is 18.9 Å². The Hall–Kier alpha value is -1.56. The minimum Gasteiger partial charge on any atom is -0.466 e. The normalized spacial score (nSPS) is 29.0. The standard InChI is InChI=1S/C18H22BrNO4/c1-2-23-17(21)13-11-20(15-10-6-9-14(19)16(13)15)18(22)24-12-7-4-3-5-8-12/h3-5,7-8,13-16H,2,6,9-11H2,1H3. The van der Waals surface area contributed by atoms with Crippen LogP contribution in [0.3, 0.4) is 0 Å². The first-order chi connectivity index (χ1) is 11.6. The van der Waals surface area contributed by atoms with Crippen molar-refractivity contribution in [2.24, 2.45) is 11.8 Å². The zero-order valence-electron chi connectivity index (χ0n) is 13.7. The first-order valence-electron chi connectivity index (χ1n) is 8.46. The molecule has 24 heavy (non-hydrogen) atoms. The van der Waals surface area contributed by atoms with E-state index in [-0.39, 0.29) is 34.8 Å². The highest BCUT2D eigenvalue weighted by atomic mass is 79.9. The summed E-state index contributed by atoms with van der Waals surface area (Å²) in [4.78, 5) is 26.9. The number of amides is 1. The van der Waals surface area contributed by atoms with Gasteiger partial charge >= 0.3 is 12.1 Å². The van der Waals surface area contributed by atoms with Gasteiger partial charge in [-0.3, -0.25) is 4.79 Å². The molecule has 1 heterocycles. The molecule has 3 rings (SSSR count). The van der Waals surface area contributed by atoms with E-state index in [1.54, 1.807) is 24.0 Å². The SMILES string of the molecule is CCOC(=O)C1CN(C(=O)Oc2ccccc2)C2CCCC(Br)C12. The maximum Gasteiger partial charge on any atom is 0.415 e. The highest BCUT2D eigenvalue weighted by molar-refractivity contribution is 9.09. The number of para-hydroxylation sites is 1. The molecule has 1 saturated heterocycles. The van der Waals surface area contributed by atoms with Gasteiger partial charge in [0.2, 0.25) is 0 Å². The zero-order valence-corrected chi connectivity index (χ0v) is 15.3. The van der Waals surface area contributed by atoms with Gasteiger partial charge in [0.25, 0.3) is 0 Å². The summed E-state index contributed by atoms with van der Waals surface area (Å²) < 4.78 is 10.7. The highest BCUT2D eigenvalue weighted by Crippen LogP contribution is 2.44. The summed E-state index contributed by atoms with van der Waals surface area (Å²) in [6.07, 6.45) is 2.55. The van der Waals surface area contributed by atoms with E-state index in [4.69, 9.17) is 9.47 Å². The molecule has 6 heteroatoms. The molecule has 1 aliphatic heterocycles. The Morgan fingerprint density at radius 3 is 2.71 bits per heavy atom. The number of benzene rings is 1. The van der Waals surface area contributed by atoms with Crippen molar-refractivity contribution in [3.63, 3.8) is 0 Å². The average Bonchev–Trinajstić information content (AvgIpc) is 2.97. The first kappa shape index (κ1) is 17.3. The molecule has 4 unspecified atom stereocenters. The number of carbonyl (C=O) groups excluding carboxylic acids is 2. The van der Waals surface area contributed by atoms with Gasteiger partial charge in [-0.25, -0.2) is 4.79 Å². The van der Waals surface area contributed by atoms with E-state index in [2.05, 4.69) is 15.9 Å². The molecule has 130 valence electrons. The van der Waals surface area contributed by atoms with Crippen LogP contribution in [0.4, 0.5) is 4.79 Å². The molecule has 0 bridgehead atoms. The van der Waals surface area contributed by atoms with Gasteiger partial charge in [0.1, 0.15) is 5.75 Å². The number of halogens is 1. The van der Waals surface area contributed by atoms with Crippen molar-refractivity contribution in [3.8, 4) is 5.75 Å². The molecule has 2 aliphatic rings. The van der Waals surface area contributed by atoms with Crippen LogP contribution in [-0.2, 0) is 9.53 Å². The maximum atomic E-state index is 12.6. The third-order valence-electron chi connectivity index (χ3n) is 4.87. The number of likely N-dealkylation sites (tertiary alicyclic amines) is 1. The number of alkyl halides is 1. The van der Waals surface area contributed by atoms with Gasteiger partial charge in [-0.05, 0) is 31.9 Å². The van der Waals surface area contributed by atoms with Gasteiger partial charge in [0.15, 0.2) is 0 Å². The monoisotopic (exact) mass is 395 g/mol. The lowest BCUT2D eigenvalue weighted by Crippen LogP contribution is -2.43. The van der Waals surface area contributed by atoms with Gasteiger partial charge in [-0.15, -0.1) is 0 Å². The van der Waals surface area contributed by atoms with Crippen LogP contribution in [0.2, 0.25) is 0 Å². The molecule has 0 spiro atoms. The van der Waals surface area contributed by atoms with Crippen LogP contribution >= 0.6 is 15.9 Å². The summed E-state index contributed by atoms with van der Waals surface area (Å²) in [5.74, 6) is 0.0998. The lowest BCUT2D eigenvalue weighted by Gasteiger charge is -2.34.